The highest BCUT2D eigenvalue weighted by molar-refractivity contribution is 5.88. The third-order valence-corrected chi connectivity index (χ3v) is 3.96. The van der Waals surface area contributed by atoms with Crippen molar-refractivity contribution in [3.05, 3.63) is 29.8 Å². The molecule has 0 aliphatic heterocycles. The van der Waals surface area contributed by atoms with E-state index in [1.165, 1.54) is 7.05 Å². The highest BCUT2D eigenvalue weighted by atomic mass is 19.4. The molecule has 0 aliphatic carbocycles. The first-order valence-electron chi connectivity index (χ1n) is 8.38. The van der Waals surface area contributed by atoms with E-state index in [4.69, 9.17) is 0 Å². The van der Waals surface area contributed by atoms with Gasteiger partial charge in [-0.3, -0.25) is 15.2 Å². The van der Waals surface area contributed by atoms with Gasteiger partial charge in [-0.2, -0.15) is 39.5 Å². The van der Waals surface area contributed by atoms with E-state index < -0.39 is 60.0 Å². The van der Waals surface area contributed by atoms with Crippen molar-refractivity contribution in [2.75, 3.05) is 30.5 Å². The normalized spacial score (nSPS) is 12.7. The van der Waals surface area contributed by atoms with E-state index in [-0.39, 0.29) is 10.4 Å². The minimum absolute atomic E-state index is 0.116. The molecule has 0 saturated heterocycles. The highest BCUT2D eigenvalue weighted by Crippen LogP contribution is 2.38. The summed E-state index contributed by atoms with van der Waals surface area (Å²) in [6, 6.07) is 2.76. The summed E-state index contributed by atoms with van der Waals surface area (Å²) in [5.41, 5.74) is -0.101. The lowest BCUT2D eigenvalue weighted by Gasteiger charge is -2.27. The van der Waals surface area contributed by atoms with Gasteiger partial charge in [0.2, 0.25) is 5.91 Å². The lowest BCUT2D eigenvalue weighted by atomic mass is 10.1. The van der Waals surface area contributed by atoms with E-state index in [0.29, 0.717) is 12.1 Å². The monoisotopic (exact) mass is 462 g/mol. The van der Waals surface area contributed by atoms with Crippen LogP contribution in [0.5, 0.6) is 0 Å². The number of carbonyl (C=O) groups excluding carboxylic acids is 1. The third-order valence-electron chi connectivity index (χ3n) is 3.96. The largest absolute Gasteiger partial charge is 0.417 e. The van der Waals surface area contributed by atoms with Crippen molar-refractivity contribution < 1.29 is 44.3 Å². The smallest absolute Gasteiger partial charge is 0.353 e. The minimum atomic E-state index is -5.03. The van der Waals surface area contributed by atoms with Crippen LogP contribution in [0.15, 0.2) is 24.3 Å². The lowest BCUT2D eigenvalue weighted by molar-refractivity contribution is -0.138. The Morgan fingerprint density at radius 2 is 1.52 bits per heavy atom. The molecule has 0 fully saturated rings. The first-order chi connectivity index (χ1) is 14.0. The maximum Gasteiger partial charge on any atom is 0.417 e. The number of alkyl halides is 9. The average Bonchev–Trinajstić information content (AvgIpc) is 2.56. The second-order valence-corrected chi connectivity index (χ2v) is 6.53. The van der Waals surface area contributed by atoms with Gasteiger partial charge in [-0.1, -0.05) is 0 Å². The van der Waals surface area contributed by atoms with Crippen LogP contribution in [0.3, 0.4) is 0 Å². The first-order valence-corrected chi connectivity index (χ1v) is 8.38. The zero-order valence-electron chi connectivity index (χ0n) is 15.9. The van der Waals surface area contributed by atoms with Crippen LogP contribution in [0, 0.1) is 0 Å². The molecule has 0 atom stereocenters. The van der Waals surface area contributed by atoms with Crippen molar-refractivity contribution in [2.24, 2.45) is 0 Å². The summed E-state index contributed by atoms with van der Waals surface area (Å²) < 4.78 is 117. The summed E-state index contributed by atoms with van der Waals surface area (Å²) in [5, 5.41) is 0.146. The Hall–Kier alpha value is -2.93. The fourth-order valence-electron chi connectivity index (χ4n) is 2.62. The molecule has 5 nitrogen and oxygen atoms in total. The standard InChI is InChI=1S/C17H15F9N4O/c1-9(31)29(2)28-14-6-12(17(24,25)26)11-5-10(3-4-13(11)27-14)30(7-15(18,19)20)8-16(21,22)23/h3-6H,7-8H2,1-2H3,(H,27,28). The van der Waals surface area contributed by atoms with Gasteiger partial charge < -0.3 is 4.90 Å². The second kappa shape index (κ2) is 8.30. The second-order valence-electron chi connectivity index (χ2n) is 6.53. The number of aromatic nitrogens is 1. The maximum atomic E-state index is 13.6. The number of fused-ring (bicyclic) bond motifs is 1. The number of carbonyl (C=O) groups is 1. The van der Waals surface area contributed by atoms with Crippen LogP contribution < -0.4 is 10.3 Å². The van der Waals surface area contributed by atoms with Crippen LogP contribution in [0.4, 0.5) is 51.0 Å². The predicted octanol–water partition coefficient (Wildman–Crippen LogP) is 4.99. The molecule has 1 aromatic heterocycles. The summed E-state index contributed by atoms with van der Waals surface area (Å²) in [5.74, 6) is -0.950. The van der Waals surface area contributed by atoms with Crippen LogP contribution in [0.1, 0.15) is 12.5 Å². The number of nitrogens with zero attached hydrogens (tertiary/aromatic N) is 3. The highest BCUT2D eigenvalue weighted by Gasteiger charge is 2.38. The number of nitrogens with one attached hydrogen (secondary N) is 1. The van der Waals surface area contributed by atoms with Crippen LogP contribution in [-0.4, -0.2) is 48.4 Å². The Bertz CT molecular complexity index is 937. The Morgan fingerprint density at radius 3 is 1.97 bits per heavy atom. The van der Waals surface area contributed by atoms with Crippen LogP contribution in [0.25, 0.3) is 10.9 Å². The van der Waals surface area contributed by atoms with Gasteiger partial charge in [0.25, 0.3) is 0 Å². The topological polar surface area (TPSA) is 48.5 Å². The molecule has 0 aliphatic rings. The zero-order valence-corrected chi connectivity index (χ0v) is 15.9. The van der Waals surface area contributed by atoms with Gasteiger partial charge in [-0.15, -0.1) is 0 Å². The molecule has 0 bridgehead atoms. The Kier molecular flexibility index (Phi) is 6.52. The molecule has 2 rings (SSSR count). The summed E-state index contributed by atoms with van der Waals surface area (Å²) in [6.07, 6.45) is -15.1. The Labute approximate surface area is 169 Å². The summed E-state index contributed by atoms with van der Waals surface area (Å²) in [6.45, 7) is -2.91. The van der Waals surface area contributed by atoms with Crippen molar-refractivity contribution in [3.8, 4) is 0 Å². The molecular weight excluding hydrogens is 447 g/mol. The van der Waals surface area contributed by atoms with E-state index in [1.807, 2.05) is 0 Å². The predicted molar refractivity (Wildman–Crippen MR) is 93.1 cm³/mol. The minimum Gasteiger partial charge on any atom is -0.353 e. The number of pyridine rings is 1. The zero-order chi connectivity index (χ0) is 23.8. The molecule has 0 spiro atoms. The van der Waals surface area contributed by atoms with Crippen molar-refractivity contribution in [3.63, 3.8) is 0 Å². The van der Waals surface area contributed by atoms with Crippen LogP contribution >= 0.6 is 0 Å². The summed E-state index contributed by atoms with van der Waals surface area (Å²) in [4.78, 5) is 15.0. The van der Waals surface area contributed by atoms with Gasteiger partial charge in [0.15, 0.2) is 0 Å². The molecule has 1 aromatic carbocycles. The van der Waals surface area contributed by atoms with Crippen molar-refractivity contribution in [1.82, 2.24) is 9.99 Å². The third kappa shape index (κ3) is 6.79. The molecule has 0 saturated carbocycles. The Balaban J connectivity index is 2.62. The van der Waals surface area contributed by atoms with Crippen molar-refractivity contribution in [2.45, 2.75) is 25.5 Å². The molecule has 1 N–H and O–H groups in total. The molecule has 172 valence electrons. The molecular formula is C17H15F9N4O. The van der Waals surface area contributed by atoms with Gasteiger partial charge in [0, 0.05) is 25.0 Å². The van der Waals surface area contributed by atoms with Gasteiger partial charge in [0.05, 0.1) is 11.1 Å². The Morgan fingerprint density at radius 1 is 0.968 bits per heavy atom. The van der Waals surface area contributed by atoms with Crippen molar-refractivity contribution in [1.29, 1.82) is 0 Å². The number of rotatable bonds is 5. The number of benzene rings is 1. The number of hydrogen-bond donors (Lipinski definition) is 1. The van der Waals surface area contributed by atoms with Crippen LogP contribution in [0.2, 0.25) is 0 Å². The van der Waals surface area contributed by atoms with E-state index >= 15 is 0 Å². The molecule has 0 radical (unpaired) electrons. The fraction of sp³-hybridized carbons (Fsp3) is 0.412. The van der Waals surface area contributed by atoms with E-state index in [0.717, 1.165) is 24.1 Å². The maximum absolute atomic E-state index is 13.6. The molecule has 31 heavy (non-hydrogen) atoms. The number of anilines is 2. The van der Waals surface area contributed by atoms with Crippen LogP contribution in [-0.2, 0) is 11.0 Å². The summed E-state index contributed by atoms with van der Waals surface area (Å²) >= 11 is 0. The first kappa shape index (κ1) is 24.3. The SMILES string of the molecule is CC(=O)N(C)Nc1cc(C(F)(F)F)c2cc(N(CC(F)(F)F)CC(F)(F)F)ccc2n1. The van der Waals surface area contributed by atoms with E-state index in [1.54, 1.807) is 0 Å². The number of halogens is 9. The molecule has 1 heterocycles. The molecule has 0 unspecified atom stereocenters. The average molecular weight is 462 g/mol. The number of hydrogen-bond acceptors (Lipinski definition) is 4. The van der Waals surface area contributed by atoms with Crippen molar-refractivity contribution >= 4 is 28.3 Å². The molecule has 14 heteroatoms. The van der Waals surface area contributed by atoms with E-state index in [2.05, 4.69) is 10.4 Å². The fourth-order valence-corrected chi connectivity index (χ4v) is 2.62. The number of hydrazine groups is 1. The number of amides is 1. The van der Waals surface area contributed by atoms with E-state index in [9.17, 15) is 44.3 Å². The van der Waals surface area contributed by atoms with Gasteiger partial charge in [-0.25, -0.2) is 4.98 Å². The lowest BCUT2D eigenvalue weighted by Crippen LogP contribution is -2.40. The summed E-state index contributed by atoms with van der Waals surface area (Å²) in [7, 11) is 1.22. The van der Waals surface area contributed by atoms with Gasteiger partial charge in [0.1, 0.15) is 18.9 Å². The molecule has 1 amide bonds. The quantitative estimate of drug-likeness (QED) is 0.503. The van der Waals surface area contributed by atoms with Gasteiger partial charge >= 0.3 is 18.5 Å². The molecule has 2 aromatic rings. The van der Waals surface area contributed by atoms with Gasteiger partial charge in [-0.05, 0) is 24.3 Å².